The molecule has 5 heteroatoms. The molecular formula is C20H17O5-. The largest absolute Gasteiger partial charge is 0.546 e. The number of aryl methyl sites for hydroxylation is 2. The van der Waals surface area contributed by atoms with Gasteiger partial charge in [-0.25, -0.2) is 0 Å². The summed E-state index contributed by atoms with van der Waals surface area (Å²) in [4.78, 5) is 24.0. The highest BCUT2D eigenvalue weighted by Gasteiger charge is 2.20. The minimum absolute atomic E-state index is 0.126. The van der Waals surface area contributed by atoms with Gasteiger partial charge in [-0.1, -0.05) is 41.5 Å². The number of hydrogen-bond acceptors (Lipinski definition) is 5. The summed E-state index contributed by atoms with van der Waals surface area (Å²) < 4.78 is 11.3. The Kier molecular flexibility index (Phi) is 4.31. The molecule has 0 spiro atoms. The molecule has 0 amide bonds. The molecule has 1 unspecified atom stereocenters. The summed E-state index contributed by atoms with van der Waals surface area (Å²) in [7, 11) is 0. The lowest BCUT2D eigenvalue weighted by Crippen LogP contribution is -2.38. The van der Waals surface area contributed by atoms with Crippen LogP contribution in [0.1, 0.15) is 18.1 Å². The van der Waals surface area contributed by atoms with Gasteiger partial charge in [0, 0.05) is 5.56 Å². The maximum Gasteiger partial charge on any atom is 0.235 e. The van der Waals surface area contributed by atoms with Crippen LogP contribution in [0.4, 0.5) is 0 Å². The van der Waals surface area contributed by atoms with Crippen LogP contribution in [-0.2, 0) is 4.79 Å². The summed E-state index contributed by atoms with van der Waals surface area (Å²) in [5.41, 5.74) is 2.58. The van der Waals surface area contributed by atoms with Crippen molar-refractivity contribution in [1.82, 2.24) is 0 Å². The number of ether oxygens (including phenoxy) is 1. The number of rotatable bonds is 4. The van der Waals surface area contributed by atoms with Crippen molar-refractivity contribution in [3.63, 3.8) is 0 Å². The van der Waals surface area contributed by atoms with E-state index in [-0.39, 0.29) is 11.5 Å². The van der Waals surface area contributed by atoms with Crippen molar-refractivity contribution < 1.29 is 19.1 Å². The Morgan fingerprint density at radius 3 is 2.36 bits per heavy atom. The maximum absolute atomic E-state index is 12.9. The summed E-state index contributed by atoms with van der Waals surface area (Å²) in [6, 6.07) is 12.6. The van der Waals surface area contributed by atoms with Crippen LogP contribution >= 0.6 is 0 Å². The van der Waals surface area contributed by atoms with E-state index in [4.69, 9.17) is 9.15 Å². The second-order valence-corrected chi connectivity index (χ2v) is 6.03. The number of aliphatic carboxylic acids is 1. The smallest absolute Gasteiger partial charge is 0.235 e. The van der Waals surface area contributed by atoms with Gasteiger partial charge < -0.3 is 19.1 Å². The third kappa shape index (κ3) is 3.26. The van der Waals surface area contributed by atoms with Crippen molar-refractivity contribution in [3.8, 4) is 17.1 Å². The molecule has 0 aliphatic rings. The van der Waals surface area contributed by atoms with Gasteiger partial charge in [-0.05, 0) is 32.9 Å². The van der Waals surface area contributed by atoms with Crippen molar-refractivity contribution in [1.29, 1.82) is 0 Å². The van der Waals surface area contributed by atoms with Gasteiger partial charge in [0.1, 0.15) is 11.7 Å². The third-order valence-electron chi connectivity index (χ3n) is 3.94. The number of hydrogen-bond donors (Lipinski definition) is 0. The van der Waals surface area contributed by atoms with E-state index >= 15 is 0 Å². The third-order valence-corrected chi connectivity index (χ3v) is 3.94. The topological polar surface area (TPSA) is 79.6 Å². The minimum atomic E-state index is -1.40. The van der Waals surface area contributed by atoms with E-state index in [0.29, 0.717) is 16.5 Å². The molecule has 0 saturated heterocycles. The summed E-state index contributed by atoms with van der Waals surface area (Å²) in [5, 5.41) is 11.4. The zero-order chi connectivity index (χ0) is 18.1. The summed E-state index contributed by atoms with van der Waals surface area (Å²) >= 11 is 0. The fourth-order valence-corrected chi connectivity index (χ4v) is 2.52. The highest BCUT2D eigenvalue weighted by molar-refractivity contribution is 5.83. The second-order valence-electron chi connectivity index (χ2n) is 6.03. The number of fused-ring (bicyclic) bond motifs is 1. The Bertz CT molecular complexity index is 999. The number of carboxylic acid groups (broad SMARTS) is 1. The predicted molar refractivity (Wildman–Crippen MR) is 92.5 cm³/mol. The first-order chi connectivity index (χ1) is 11.9. The van der Waals surface area contributed by atoms with Crippen molar-refractivity contribution in [2.24, 2.45) is 0 Å². The number of benzene rings is 2. The Balaban J connectivity index is 2.29. The molecular weight excluding hydrogens is 320 g/mol. The molecule has 0 bridgehead atoms. The predicted octanol–water partition coefficient (Wildman–Crippen LogP) is 2.59. The molecule has 25 heavy (non-hydrogen) atoms. The van der Waals surface area contributed by atoms with Crippen LogP contribution in [0.25, 0.3) is 22.3 Å². The van der Waals surface area contributed by atoms with E-state index in [2.05, 4.69) is 0 Å². The maximum atomic E-state index is 12.9. The van der Waals surface area contributed by atoms with E-state index in [0.717, 1.165) is 11.1 Å². The minimum Gasteiger partial charge on any atom is -0.546 e. The molecule has 3 aromatic rings. The zero-order valence-corrected chi connectivity index (χ0v) is 14.2. The van der Waals surface area contributed by atoms with Gasteiger partial charge >= 0.3 is 0 Å². The van der Waals surface area contributed by atoms with Gasteiger partial charge in [0.05, 0.1) is 11.4 Å². The zero-order valence-electron chi connectivity index (χ0n) is 14.2. The average molecular weight is 337 g/mol. The molecule has 5 nitrogen and oxygen atoms in total. The van der Waals surface area contributed by atoms with Crippen molar-refractivity contribution in [3.05, 3.63) is 63.8 Å². The number of carboxylic acids is 1. The lowest BCUT2D eigenvalue weighted by molar-refractivity contribution is -0.312. The van der Waals surface area contributed by atoms with Crippen molar-refractivity contribution in [2.45, 2.75) is 26.9 Å². The van der Waals surface area contributed by atoms with E-state index in [9.17, 15) is 14.7 Å². The van der Waals surface area contributed by atoms with Crippen LogP contribution in [0.15, 0.2) is 51.7 Å². The van der Waals surface area contributed by atoms with Gasteiger partial charge in [-0.15, -0.1) is 0 Å². The first-order valence-electron chi connectivity index (χ1n) is 7.89. The fraction of sp³-hybridized carbons (Fsp3) is 0.200. The molecule has 0 aliphatic heterocycles. The van der Waals surface area contributed by atoms with Crippen LogP contribution < -0.4 is 15.3 Å². The van der Waals surface area contributed by atoms with E-state index in [1.54, 1.807) is 24.3 Å². The van der Waals surface area contributed by atoms with Gasteiger partial charge in [0.25, 0.3) is 0 Å². The highest BCUT2D eigenvalue weighted by Crippen LogP contribution is 2.31. The van der Waals surface area contributed by atoms with Gasteiger partial charge in [0.2, 0.25) is 11.2 Å². The highest BCUT2D eigenvalue weighted by atomic mass is 16.5. The lowest BCUT2D eigenvalue weighted by atomic mass is 10.1. The first-order valence-corrected chi connectivity index (χ1v) is 7.89. The summed E-state index contributed by atoms with van der Waals surface area (Å²) in [6.45, 7) is 5.12. The average Bonchev–Trinajstić information content (AvgIpc) is 2.58. The van der Waals surface area contributed by atoms with E-state index < -0.39 is 17.5 Å². The molecule has 1 aromatic heterocycles. The van der Waals surface area contributed by atoms with Crippen molar-refractivity contribution in [2.75, 3.05) is 0 Å². The molecule has 2 aromatic carbocycles. The fourth-order valence-electron chi connectivity index (χ4n) is 2.52. The van der Waals surface area contributed by atoms with Gasteiger partial charge in [0.15, 0.2) is 5.76 Å². The molecule has 1 heterocycles. The Morgan fingerprint density at radius 1 is 1.08 bits per heavy atom. The molecule has 0 N–H and O–H groups in total. The normalized spacial score (nSPS) is 12.1. The number of carbonyl (C=O) groups is 1. The second kappa shape index (κ2) is 6.43. The Morgan fingerprint density at radius 2 is 1.72 bits per heavy atom. The van der Waals surface area contributed by atoms with Crippen LogP contribution in [-0.4, -0.2) is 12.1 Å². The molecule has 128 valence electrons. The summed E-state index contributed by atoms with van der Waals surface area (Å²) in [5.74, 6) is -1.33. The lowest BCUT2D eigenvalue weighted by Gasteiger charge is -2.17. The SMILES string of the molecule is Cc1ccc(-c2oc3ccc(C)cc3c(=O)c2OC(C)C(=O)[O-])cc1. The Hall–Kier alpha value is -3.08. The molecule has 0 aliphatic carbocycles. The Labute approximate surface area is 144 Å². The molecule has 0 radical (unpaired) electrons. The number of carbonyl (C=O) groups excluding carboxylic acids is 1. The van der Waals surface area contributed by atoms with E-state index in [1.165, 1.54) is 6.92 Å². The van der Waals surface area contributed by atoms with Gasteiger partial charge in [-0.3, -0.25) is 4.79 Å². The molecule has 0 fully saturated rings. The monoisotopic (exact) mass is 337 g/mol. The van der Waals surface area contributed by atoms with Crippen LogP contribution in [0, 0.1) is 13.8 Å². The molecule has 3 rings (SSSR count). The van der Waals surface area contributed by atoms with Gasteiger partial charge in [-0.2, -0.15) is 0 Å². The van der Waals surface area contributed by atoms with Crippen LogP contribution in [0.5, 0.6) is 5.75 Å². The van der Waals surface area contributed by atoms with Crippen molar-refractivity contribution >= 4 is 16.9 Å². The van der Waals surface area contributed by atoms with E-state index in [1.807, 2.05) is 32.0 Å². The van der Waals surface area contributed by atoms with Crippen LogP contribution in [0.2, 0.25) is 0 Å². The quantitative estimate of drug-likeness (QED) is 0.731. The first kappa shape index (κ1) is 16.8. The standard InChI is InChI=1S/C20H18O5/c1-11-4-7-14(8-5-11)18-19(24-13(3)20(22)23)17(21)15-10-12(2)6-9-16(15)25-18/h4-10,13H,1-3H3,(H,22,23)/p-1. The van der Waals surface area contributed by atoms with Crippen LogP contribution in [0.3, 0.4) is 0 Å². The molecule has 1 atom stereocenters. The summed E-state index contributed by atoms with van der Waals surface area (Å²) in [6.07, 6.45) is -1.28. The molecule has 0 saturated carbocycles.